The van der Waals surface area contributed by atoms with Gasteiger partial charge < -0.3 is 14.8 Å². The van der Waals surface area contributed by atoms with Gasteiger partial charge in [0.15, 0.2) is 0 Å². The molecule has 1 atom stereocenters. The first-order chi connectivity index (χ1) is 11.4. The van der Waals surface area contributed by atoms with E-state index in [0.717, 1.165) is 4.90 Å². The zero-order valence-electron chi connectivity index (χ0n) is 13.4. The summed E-state index contributed by atoms with van der Waals surface area (Å²) in [5, 5.41) is 3.61. The second-order valence-corrected chi connectivity index (χ2v) is 7.15. The fourth-order valence-corrected chi connectivity index (χ4v) is 3.19. The predicted octanol–water partition coefficient (Wildman–Crippen LogP) is 5.13. The number of thioether (sulfide) groups is 1. The number of carbonyl (C=O) groups excluding carboxylic acids is 1. The Labute approximate surface area is 155 Å². The maximum absolute atomic E-state index is 12.4. The zero-order valence-corrected chi connectivity index (χ0v) is 15.8. The number of carbonyl (C=O) groups is 1. The first kappa shape index (κ1) is 18.8. The molecular weight excluding hydrogens is 369 g/mol. The van der Waals surface area contributed by atoms with Gasteiger partial charge >= 0.3 is 0 Å². The van der Waals surface area contributed by atoms with Crippen LogP contribution in [-0.4, -0.2) is 25.4 Å². The van der Waals surface area contributed by atoms with Crippen molar-refractivity contribution < 1.29 is 14.3 Å². The van der Waals surface area contributed by atoms with Gasteiger partial charge in [0.05, 0.1) is 30.2 Å². The van der Waals surface area contributed by atoms with Crippen LogP contribution < -0.4 is 14.8 Å². The van der Waals surface area contributed by atoms with Crippen molar-refractivity contribution in [1.82, 2.24) is 0 Å². The van der Waals surface area contributed by atoms with Crippen molar-refractivity contribution in [3.63, 3.8) is 0 Å². The molecule has 1 amide bonds. The Morgan fingerprint density at radius 2 is 1.71 bits per heavy atom. The van der Waals surface area contributed by atoms with E-state index >= 15 is 0 Å². The van der Waals surface area contributed by atoms with Crippen LogP contribution in [0.4, 0.5) is 5.69 Å². The highest BCUT2D eigenvalue weighted by atomic mass is 35.5. The zero-order chi connectivity index (χ0) is 17.7. The first-order valence-corrected chi connectivity index (χ1v) is 8.72. The number of ether oxygens (including phenoxy) is 2. The number of benzene rings is 2. The van der Waals surface area contributed by atoms with Crippen LogP contribution in [0, 0.1) is 0 Å². The minimum Gasteiger partial charge on any atom is -0.495 e. The van der Waals surface area contributed by atoms with E-state index in [1.165, 1.54) is 26.0 Å². The van der Waals surface area contributed by atoms with E-state index in [4.69, 9.17) is 32.7 Å². The van der Waals surface area contributed by atoms with Crippen molar-refractivity contribution >= 4 is 46.6 Å². The smallest absolute Gasteiger partial charge is 0.237 e. The van der Waals surface area contributed by atoms with E-state index in [1.807, 2.05) is 19.1 Å². The van der Waals surface area contributed by atoms with Crippen LogP contribution in [0.1, 0.15) is 6.92 Å². The maximum atomic E-state index is 12.4. The van der Waals surface area contributed by atoms with Crippen LogP contribution >= 0.6 is 35.0 Å². The molecule has 24 heavy (non-hydrogen) atoms. The van der Waals surface area contributed by atoms with Gasteiger partial charge in [-0.25, -0.2) is 0 Å². The van der Waals surface area contributed by atoms with Crippen LogP contribution in [0.5, 0.6) is 11.5 Å². The summed E-state index contributed by atoms with van der Waals surface area (Å²) in [6.07, 6.45) is 0. The second kappa shape index (κ2) is 8.51. The summed E-state index contributed by atoms with van der Waals surface area (Å²) in [5.74, 6) is 0.779. The van der Waals surface area contributed by atoms with Gasteiger partial charge in [-0.05, 0) is 31.2 Å². The lowest BCUT2D eigenvalue weighted by Gasteiger charge is -2.16. The molecule has 4 nitrogen and oxygen atoms in total. The van der Waals surface area contributed by atoms with Gasteiger partial charge in [0.25, 0.3) is 0 Å². The lowest BCUT2D eigenvalue weighted by atomic mass is 10.2. The Morgan fingerprint density at radius 3 is 2.29 bits per heavy atom. The molecule has 0 unspecified atom stereocenters. The van der Waals surface area contributed by atoms with Gasteiger partial charge in [0.1, 0.15) is 11.5 Å². The minimum absolute atomic E-state index is 0.155. The number of nitrogens with one attached hydrogen (secondary N) is 1. The number of rotatable bonds is 6. The molecule has 2 rings (SSSR count). The fraction of sp³-hybridized carbons (Fsp3) is 0.235. The van der Waals surface area contributed by atoms with Gasteiger partial charge in [-0.2, -0.15) is 0 Å². The molecule has 1 N–H and O–H groups in total. The third-order valence-corrected chi connectivity index (χ3v) is 4.89. The average molecular weight is 386 g/mol. The summed E-state index contributed by atoms with van der Waals surface area (Å²) >= 11 is 13.4. The number of hydrogen-bond acceptors (Lipinski definition) is 4. The quantitative estimate of drug-likeness (QED) is 0.700. The number of anilines is 1. The van der Waals surface area contributed by atoms with Crippen LogP contribution in [0.25, 0.3) is 0 Å². The highest BCUT2D eigenvalue weighted by molar-refractivity contribution is 8.00. The van der Waals surface area contributed by atoms with Crippen molar-refractivity contribution in [3.05, 3.63) is 46.4 Å². The highest BCUT2D eigenvalue weighted by Gasteiger charge is 2.18. The monoisotopic (exact) mass is 385 g/mol. The molecule has 0 heterocycles. The van der Waals surface area contributed by atoms with Crippen molar-refractivity contribution in [2.45, 2.75) is 17.1 Å². The number of amides is 1. The molecule has 7 heteroatoms. The Hall–Kier alpha value is -1.56. The maximum Gasteiger partial charge on any atom is 0.237 e. The molecule has 2 aromatic carbocycles. The molecule has 0 fully saturated rings. The molecule has 0 aromatic heterocycles. The summed E-state index contributed by atoms with van der Waals surface area (Å²) < 4.78 is 10.4. The summed E-state index contributed by atoms with van der Waals surface area (Å²) in [4.78, 5) is 13.4. The molecule has 2 aromatic rings. The summed E-state index contributed by atoms with van der Waals surface area (Å²) in [6, 6.07) is 10.6. The summed E-state index contributed by atoms with van der Waals surface area (Å²) in [7, 11) is 3.03. The van der Waals surface area contributed by atoms with Crippen LogP contribution in [0.2, 0.25) is 10.0 Å². The molecule has 0 saturated heterocycles. The lowest BCUT2D eigenvalue weighted by Crippen LogP contribution is -2.22. The molecule has 0 saturated carbocycles. The van der Waals surface area contributed by atoms with Crippen molar-refractivity contribution in [3.8, 4) is 11.5 Å². The van der Waals surface area contributed by atoms with E-state index in [0.29, 0.717) is 27.2 Å². The lowest BCUT2D eigenvalue weighted by molar-refractivity contribution is -0.115. The van der Waals surface area contributed by atoms with Crippen molar-refractivity contribution in [2.24, 2.45) is 0 Å². The van der Waals surface area contributed by atoms with Gasteiger partial charge in [-0.15, -0.1) is 11.8 Å². The normalized spacial score (nSPS) is 11.7. The van der Waals surface area contributed by atoms with Crippen molar-refractivity contribution in [1.29, 1.82) is 0 Å². The van der Waals surface area contributed by atoms with E-state index in [9.17, 15) is 4.79 Å². The SMILES string of the molecule is COc1cc(NC(=O)[C@@H](C)Sc2ccc(Cl)cc2)c(OC)cc1Cl. The standard InChI is InChI=1S/C17H17Cl2NO3S/c1-10(24-12-6-4-11(18)5-7-12)17(21)20-14-9-15(22-2)13(19)8-16(14)23-3/h4-10H,1-3H3,(H,20,21)/t10-/m1/s1. The molecule has 0 bridgehead atoms. The molecule has 0 aliphatic heterocycles. The summed E-state index contributed by atoms with van der Waals surface area (Å²) in [5.41, 5.74) is 0.507. The third kappa shape index (κ3) is 4.72. The van der Waals surface area contributed by atoms with E-state index in [2.05, 4.69) is 5.32 Å². The number of methoxy groups -OCH3 is 2. The largest absolute Gasteiger partial charge is 0.495 e. The molecule has 0 radical (unpaired) electrons. The molecule has 0 aliphatic rings. The Morgan fingerprint density at radius 1 is 1.08 bits per heavy atom. The van der Waals surface area contributed by atoms with E-state index < -0.39 is 0 Å². The Kier molecular flexibility index (Phi) is 6.66. The Bertz CT molecular complexity index is 723. The number of halogens is 2. The Balaban J connectivity index is 2.12. The average Bonchev–Trinajstić information content (AvgIpc) is 2.57. The number of hydrogen-bond donors (Lipinski definition) is 1. The summed E-state index contributed by atoms with van der Waals surface area (Å²) in [6.45, 7) is 1.83. The third-order valence-electron chi connectivity index (χ3n) is 3.23. The van der Waals surface area contributed by atoms with Crippen LogP contribution in [-0.2, 0) is 4.79 Å². The topological polar surface area (TPSA) is 47.6 Å². The highest BCUT2D eigenvalue weighted by Crippen LogP contribution is 2.36. The van der Waals surface area contributed by atoms with Gasteiger partial charge in [0, 0.05) is 22.1 Å². The van der Waals surface area contributed by atoms with E-state index in [1.54, 1.807) is 24.3 Å². The minimum atomic E-state index is -0.308. The first-order valence-electron chi connectivity index (χ1n) is 7.09. The van der Waals surface area contributed by atoms with Crippen molar-refractivity contribution in [2.75, 3.05) is 19.5 Å². The predicted molar refractivity (Wildman–Crippen MR) is 100.0 cm³/mol. The fourth-order valence-electron chi connectivity index (χ4n) is 1.96. The van der Waals surface area contributed by atoms with Crippen LogP contribution in [0.15, 0.2) is 41.3 Å². The second-order valence-electron chi connectivity index (χ2n) is 4.89. The molecule has 128 valence electrons. The van der Waals surface area contributed by atoms with Gasteiger partial charge in [-0.1, -0.05) is 23.2 Å². The van der Waals surface area contributed by atoms with Gasteiger partial charge in [0.2, 0.25) is 5.91 Å². The molecule has 0 aliphatic carbocycles. The van der Waals surface area contributed by atoms with E-state index in [-0.39, 0.29) is 11.2 Å². The molecular formula is C17H17Cl2NO3S. The molecule has 0 spiro atoms. The van der Waals surface area contributed by atoms with Crippen LogP contribution in [0.3, 0.4) is 0 Å². The van der Waals surface area contributed by atoms with Gasteiger partial charge in [-0.3, -0.25) is 4.79 Å².